The largest absolute Gasteiger partial charge is 0.472 e. The Morgan fingerprint density at radius 2 is 1.92 bits per heavy atom. The number of hydrogen-bond donors (Lipinski definition) is 0. The third kappa shape index (κ3) is 2.92. The van der Waals surface area contributed by atoms with Gasteiger partial charge in [-0.15, -0.1) is 0 Å². The molecular weight excluding hydrogens is 318 g/mol. The zero-order chi connectivity index (χ0) is 17.3. The first kappa shape index (κ1) is 15.9. The van der Waals surface area contributed by atoms with Gasteiger partial charge in [0.05, 0.1) is 11.8 Å². The highest BCUT2D eigenvalue weighted by Gasteiger charge is 2.47. The zero-order valence-electron chi connectivity index (χ0n) is 14.1. The summed E-state index contributed by atoms with van der Waals surface area (Å²) in [7, 11) is 0. The topological polar surface area (TPSA) is 66.7 Å². The van der Waals surface area contributed by atoms with Gasteiger partial charge in [0.25, 0.3) is 5.91 Å². The smallest absolute Gasteiger partial charge is 0.257 e. The molecule has 0 saturated carbocycles. The van der Waals surface area contributed by atoms with E-state index in [9.17, 15) is 9.59 Å². The van der Waals surface area contributed by atoms with Crippen LogP contribution < -0.4 is 0 Å². The van der Waals surface area contributed by atoms with Crippen molar-refractivity contribution in [1.29, 1.82) is 0 Å². The summed E-state index contributed by atoms with van der Waals surface area (Å²) in [5.74, 6) is 0.222. The van der Waals surface area contributed by atoms with Crippen molar-refractivity contribution in [3.8, 4) is 0 Å². The van der Waals surface area contributed by atoms with Crippen LogP contribution in [0.25, 0.3) is 0 Å². The van der Waals surface area contributed by atoms with E-state index in [1.54, 1.807) is 18.5 Å². The Hall–Kier alpha value is -2.63. The molecule has 0 unspecified atom stereocenters. The van der Waals surface area contributed by atoms with E-state index >= 15 is 0 Å². The highest BCUT2D eigenvalue weighted by molar-refractivity contribution is 5.94. The van der Waals surface area contributed by atoms with Gasteiger partial charge in [0, 0.05) is 44.0 Å². The fraction of sp³-hybridized carbons (Fsp3) is 0.421. The molecule has 6 heteroatoms. The Labute approximate surface area is 146 Å². The molecule has 4 heterocycles. The van der Waals surface area contributed by atoms with Gasteiger partial charge in [0.15, 0.2) is 0 Å². The maximum atomic E-state index is 12.5. The molecule has 2 aromatic heterocycles. The molecule has 2 fully saturated rings. The van der Waals surface area contributed by atoms with Gasteiger partial charge in [-0.3, -0.25) is 14.6 Å². The molecule has 0 N–H and O–H groups in total. The highest BCUT2D eigenvalue weighted by Crippen LogP contribution is 2.40. The maximum absolute atomic E-state index is 12.5. The molecule has 2 aliphatic heterocycles. The molecule has 0 aliphatic carbocycles. The number of aromatic nitrogens is 1. The number of piperidine rings is 1. The molecular formula is C19H21N3O3. The van der Waals surface area contributed by atoms with Gasteiger partial charge >= 0.3 is 0 Å². The number of amides is 2. The number of carbonyl (C=O) groups excluding carboxylic acids is 2. The lowest BCUT2D eigenvalue weighted by atomic mass is 9.84. The monoisotopic (exact) mass is 339 g/mol. The Morgan fingerprint density at radius 3 is 2.60 bits per heavy atom. The maximum Gasteiger partial charge on any atom is 0.257 e. The lowest BCUT2D eigenvalue weighted by Gasteiger charge is -2.45. The van der Waals surface area contributed by atoms with Gasteiger partial charge in [0.2, 0.25) is 5.91 Å². The average Bonchev–Trinajstić information content (AvgIpc) is 3.28. The van der Waals surface area contributed by atoms with Crippen molar-refractivity contribution in [3.05, 3.63) is 54.2 Å². The van der Waals surface area contributed by atoms with Crippen LogP contribution >= 0.6 is 0 Å². The van der Waals surface area contributed by atoms with E-state index in [0.29, 0.717) is 31.6 Å². The van der Waals surface area contributed by atoms with Gasteiger partial charge < -0.3 is 14.2 Å². The van der Waals surface area contributed by atoms with Crippen LogP contribution in [0.5, 0.6) is 0 Å². The van der Waals surface area contributed by atoms with Gasteiger partial charge in [-0.2, -0.15) is 0 Å². The number of hydrogen-bond acceptors (Lipinski definition) is 4. The van der Waals surface area contributed by atoms with Crippen molar-refractivity contribution in [2.75, 3.05) is 13.1 Å². The van der Waals surface area contributed by atoms with Crippen LogP contribution in [0.3, 0.4) is 0 Å². The van der Waals surface area contributed by atoms with E-state index in [1.807, 2.05) is 21.9 Å². The molecule has 2 aromatic rings. The summed E-state index contributed by atoms with van der Waals surface area (Å²) >= 11 is 0. The molecule has 6 nitrogen and oxygen atoms in total. The lowest BCUT2D eigenvalue weighted by molar-refractivity contribution is -0.133. The summed E-state index contributed by atoms with van der Waals surface area (Å²) in [6, 6.07) is 5.61. The number of likely N-dealkylation sites (tertiary alicyclic amines) is 2. The predicted molar refractivity (Wildman–Crippen MR) is 90.6 cm³/mol. The molecule has 2 saturated heterocycles. The fourth-order valence-electron chi connectivity index (χ4n) is 4.02. The lowest BCUT2D eigenvalue weighted by Crippen LogP contribution is -2.53. The fourth-order valence-corrected chi connectivity index (χ4v) is 4.02. The Bertz CT molecular complexity index is 749. The normalized spacial score (nSPS) is 19.6. The van der Waals surface area contributed by atoms with Crippen molar-refractivity contribution < 1.29 is 14.0 Å². The first-order valence-corrected chi connectivity index (χ1v) is 8.69. The highest BCUT2D eigenvalue weighted by atomic mass is 16.3. The molecule has 0 radical (unpaired) electrons. The molecule has 0 aromatic carbocycles. The van der Waals surface area contributed by atoms with E-state index in [1.165, 1.54) is 12.5 Å². The predicted octanol–water partition coefficient (Wildman–Crippen LogP) is 2.47. The SMILES string of the molecule is O=C(c1ccoc1)N1CCC2(CCC(=O)N2Cc2ccncc2)CC1. The average molecular weight is 339 g/mol. The number of rotatable bonds is 3. The summed E-state index contributed by atoms with van der Waals surface area (Å²) in [5.41, 5.74) is 1.57. The van der Waals surface area contributed by atoms with E-state index < -0.39 is 0 Å². The Morgan fingerprint density at radius 1 is 1.16 bits per heavy atom. The van der Waals surface area contributed by atoms with E-state index in [0.717, 1.165) is 24.8 Å². The second-order valence-electron chi connectivity index (χ2n) is 6.86. The molecule has 0 bridgehead atoms. The second kappa shape index (κ2) is 6.35. The third-order valence-corrected chi connectivity index (χ3v) is 5.52. The molecule has 0 atom stereocenters. The summed E-state index contributed by atoms with van der Waals surface area (Å²) in [6.07, 6.45) is 9.65. The quantitative estimate of drug-likeness (QED) is 0.861. The van der Waals surface area contributed by atoms with E-state index in [2.05, 4.69) is 4.98 Å². The summed E-state index contributed by atoms with van der Waals surface area (Å²) in [6.45, 7) is 1.96. The van der Waals surface area contributed by atoms with Crippen LogP contribution in [-0.2, 0) is 11.3 Å². The number of pyridine rings is 1. The minimum Gasteiger partial charge on any atom is -0.472 e. The van der Waals surface area contributed by atoms with Crippen LogP contribution in [0.4, 0.5) is 0 Å². The van der Waals surface area contributed by atoms with Gasteiger partial charge in [-0.25, -0.2) is 0 Å². The summed E-state index contributed by atoms with van der Waals surface area (Å²) in [4.78, 5) is 32.9. The van der Waals surface area contributed by atoms with Crippen molar-refractivity contribution in [2.45, 2.75) is 37.8 Å². The Kier molecular flexibility index (Phi) is 4.03. The second-order valence-corrected chi connectivity index (χ2v) is 6.86. The van der Waals surface area contributed by atoms with Crippen molar-refractivity contribution in [1.82, 2.24) is 14.8 Å². The minimum absolute atomic E-state index is 0.00797. The van der Waals surface area contributed by atoms with Crippen LogP contribution in [0.2, 0.25) is 0 Å². The third-order valence-electron chi connectivity index (χ3n) is 5.52. The summed E-state index contributed by atoms with van der Waals surface area (Å²) in [5, 5.41) is 0. The van der Waals surface area contributed by atoms with Gasteiger partial charge in [-0.1, -0.05) is 0 Å². The molecule has 2 amide bonds. The minimum atomic E-state index is -0.118. The van der Waals surface area contributed by atoms with Gasteiger partial charge in [0.1, 0.15) is 6.26 Å². The molecule has 25 heavy (non-hydrogen) atoms. The van der Waals surface area contributed by atoms with Crippen LogP contribution in [0.1, 0.15) is 41.6 Å². The standard InChI is InChI=1S/C19H21N3O3/c23-17-1-5-19(22(17)13-15-2-8-20-9-3-15)6-10-21(11-7-19)18(24)16-4-12-25-14-16/h2-4,8-9,12,14H,1,5-7,10-11,13H2. The Balaban J connectivity index is 1.47. The molecule has 1 spiro atoms. The van der Waals surface area contributed by atoms with Crippen LogP contribution in [0, 0.1) is 0 Å². The van der Waals surface area contributed by atoms with Crippen LogP contribution in [0.15, 0.2) is 47.5 Å². The molecule has 130 valence electrons. The van der Waals surface area contributed by atoms with Crippen molar-refractivity contribution in [3.63, 3.8) is 0 Å². The van der Waals surface area contributed by atoms with Crippen molar-refractivity contribution >= 4 is 11.8 Å². The first-order valence-electron chi connectivity index (χ1n) is 8.69. The number of carbonyl (C=O) groups is 2. The number of furan rings is 1. The molecule has 4 rings (SSSR count). The zero-order valence-corrected chi connectivity index (χ0v) is 14.1. The van der Waals surface area contributed by atoms with E-state index in [-0.39, 0.29) is 17.4 Å². The van der Waals surface area contributed by atoms with Crippen molar-refractivity contribution in [2.24, 2.45) is 0 Å². The number of nitrogens with zero attached hydrogens (tertiary/aromatic N) is 3. The first-order chi connectivity index (χ1) is 12.2. The van der Waals surface area contributed by atoms with Gasteiger partial charge in [-0.05, 0) is 43.0 Å². The summed E-state index contributed by atoms with van der Waals surface area (Å²) < 4.78 is 5.01. The van der Waals surface area contributed by atoms with E-state index in [4.69, 9.17) is 4.42 Å². The molecule has 2 aliphatic rings. The van der Waals surface area contributed by atoms with Crippen LogP contribution in [-0.4, -0.2) is 45.2 Å².